The molecule has 1 heterocycles. The molecule has 4 aromatic rings. The number of nitrogens with zero attached hydrogens (tertiary/aromatic N) is 2. The maximum atomic E-state index is 12.9. The number of benzene rings is 3. The average molecular weight is 387 g/mol. The van der Waals surface area contributed by atoms with Gasteiger partial charge in [-0.3, -0.25) is 4.79 Å². The van der Waals surface area contributed by atoms with E-state index in [2.05, 4.69) is 20.5 Å². The van der Waals surface area contributed by atoms with Crippen molar-refractivity contribution < 1.29 is 9.18 Å². The number of imidazole rings is 1. The number of H-pyrrole nitrogens is 1. The summed E-state index contributed by atoms with van der Waals surface area (Å²) in [6.07, 6.45) is 1.45. The highest BCUT2D eigenvalue weighted by Crippen LogP contribution is 2.20. The van der Waals surface area contributed by atoms with Crippen LogP contribution in [0.4, 0.5) is 4.39 Å². The van der Waals surface area contributed by atoms with Gasteiger partial charge in [0.05, 0.1) is 23.3 Å². The molecule has 3 aromatic carbocycles. The van der Waals surface area contributed by atoms with Crippen LogP contribution in [0.3, 0.4) is 0 Å². The fraction of sp³-hybridized carbons (Fsp3) is 0.0455. The first kappa shape index (κ1) is 18.5. The van der Waals surface area contributed by atoms with E-state index in [0.29, 0.717) is 17.0 Å². The molecule has 0 aliphatic heterocycles. The van der Waals surface area contributed by atoms with Gasteiger partial charge < -0.3 is 10.7 Å². The molecule has 4 N–H and O–H groups in total. The zero-order chi connectivity index (χ0) is 20.2. The predicted octanol–water partition coefficient (Wildman–Crippen LogP) is 3.51. The summed E-state index contributed by atoms with van der Waals surface area (Å²) in [5.41, 5.74) is 12.5. The molecule has 144 valence electrons. The Labute approximate surface area is 166 Å². The number of amides is 1. The summed E-state index contributed by atoms with van der Waals surface area (Å²) in [4.78, 5) is 20.0. The van der Waals surface area contributed by atoms with Crippen molar-refractivity contribution in [1.82, 2.24) is 15.4 Å². The maximum absolute atomic E-state index is 12.9. The Morgan fingerprint density at radius 3 is 2.52 bits per heavy atom. The van der Waals surface area contributed by atoms with Gasteiger partial charge in [0.25, 0.3) is 5.91 Å². The highest BCUT2D eigenvalue weighted by molar-refractivity contribution is 5.94. The molecular weight excluding hydrogens is 369 g/mol. The summed E-state index contributed by atoms with van der Waals surface area (Å²) in [5.74, 6) is -0.0216. The number of rotatable bonds is 5. The minimum Gasteiger partial charge on any atom is -0.340 e. The quantitative estimate of drug-likeness (QED) is 0.361. The van der Waals surface area contributed by atoms with Gasteiger partial charge in [-0.1, -0.05) is 36.4 Å². The Hall–Kier alpha value is -3.84. The lowest BCUT2D eigenvalue weighted by Gasteiger charge is -2.09. The van der Waals surface area contributed by atoms with E-state index in [9.17, 15) is 9.18 Å². The number of fused-ring (bicyclic) bond motifs is 1. The van der Waals surface area contributed by atoms with Crippen LogP contribution in [0.5, 0.6) is 0 Å². The number of carbonyl (C=O) groups excluding carboxylic acids is 1. The molecule has 29 heavy (non-hydrogen) atoms. The van der Waals surface area contributed by atoms with E-state index < -0.39 is 6.04 Å². The van der Waals surface area contributed by atoms with Gasteiger partial charge in [0.15, 0.2) is 0 Å². The summed E-state index contributed by atoms with van der Waals surface area (Å²) in [5, 5.41) is 3.89. The van der Waals surface area contributed by atoms with E-state index >= 15 is 0 Å². The molecule has 6 nitrogen and oxygen atoms in total. The number of halogens is 1. The second-order valence-electron chi connectivity index (χ2n) is 6.49. The molecule has 7 heteroatoms. The van der Waals surface area contributed by atoms with Crippen LogP contribution >= 0.6 is 0 Å². The van der Waals surface area contributed by atoms with Crippen LogP contribution < -0.4 is 11.2 Å². The predicted molar refractivity (Wildman–Crippen MR) is 110 cm³/mol. The van der Waals surface area contributed by atoms with Crippen molar-refractivity contribution in [3.05, 3.63) is 101 Å². The third kappa shape index (κ3) is 4.20. The van der Waals surface area contributed by atoms with Gasteiger partial charge in [-0.25, -0.2) is 14.8 Å². The van der Waals surface area contributed by atoms with Crippen molar-refractivity contribution in [2.45, 2.75) is 6.04 Å². The van der Waals surface area contributed by atoms with Gasteiger partial charge >= 0.3 is 0 Å². The van der Waals surface area contributed by atoms with Crippen molar-refractivity contribution in [2.24, 2.45) is 10.8 Å². The van der Waals surface area contributed by atoms with E-state index in [-0.39, 0.29) is 11.7 Å². The second kappa shape index (κ2) is 8.04. The Morgan fingerprint density at radius 2 is 1.79 bits per heavy atom. The summed E-state index contributed by atoms with van der Waals surface area (Å²) >= 11 is 0. The van der Waals surface area contributed by atoms with Crippen molar-refractivity contribution >= 4 is 23.2 Å². The third-order valence-corrected chi connectivity index (χ3v) is 4.48. The molecule has 1 unspecified atom stereocenters. The van der Waals surface area contributed by atoms with Crippen LogP contribution in [-0.4, -0.2) is 22.1 Å². The minimum atomic E-state index is -0.434. The normalized spacial score (nSPS) is 12.3. The molecule has 0 saturated heterocycles. The molecule has 1 atom stereocenters. The Balaban J connectivity index is 1.42. The number of aromatic nitrogens is 2. The van der Waals surface area contributed by atoms with Crippen molar-refractivity contribution in [1.29, 1.82) is 0 Å². The number of aromatic amines is 1. The number of hydrogen-bond acceptors (Lipinski definition) is 4. The summed E-state index contributed by atoms with van der Waals surface area (Å²) in [6.45, 7) is 0. The number of para-hydroxylation sites is 2. The van der Waals surface area contributed by atoms with Gasteiger partial charge in [0.2, 0.25) is 0 Å². The molecule has 0 aliphatic carbocycles. The van der Waals surface area contributed by atoms with Crippen LogP contribution in [0, 0.1) is 5.82 Å². The highest BCUT2D eigenvalue weighted by atomic mass is 19.1. The zero-order valence-electron chi connectivity index (χ0n) is 15.3. The van der Waals surface area contributed by atoms with Crippen molar-refractivity contribution in [2.75, 3.05) is 0 Å². The molecule has 0 spiro atoms. The second-order valence-corrected chi connectivity index (χ2v) is 6.49. The Kier molecular flexibility index (Phi) is 5.13. The number of nitrogens with two attached hydrogens (primary N) is 1. The number of nitrogens with one attached hydrogen (secondary N) is 2. The smallest absolute Gasteiger partial charge is 0.271 e. The van der Waals surface area contributed by atoms with Crippen molar-refractivity contribution in [3.63, 3.8) is 0 Å². The molecule has 0 aliphatic rings. The topological polar surface area (TPSA) is 96.2 Å². The SMILES string of the molecule is NC(c1ccc(C(=O)NN=Cc2ccc(F)cc2)cc1)c1nc2ccccc2[nH]1. The third-order valence-electron chi connectivity index (χ3n) is 4.48. The minimum absolute atomic E-state index is 0.327. The lowest BCUT2D eigenvalue weighted by atomic mass is 10.0. The number of carbonyl (C=O) groups is 1. The first-order chi connectivity index (χ1) is 14.1. The zero-order valence-corrected chi connectivity index (χ0v) is 15.3. The fourth-order valence-electron chi connectivity index (χ4n) is 2.90. The molecule has 0 bridgehead atoms. The summed E-state index contributed by atoms with van der Waals surface area (Å²) < 4.78 is 12.9. The average Bonchev–Trinajstić information content (AvgIpc) is 3.19. The van der Waals surface area contributed by atoms with Gasteiger partial charge in [0, 0.05) is 5.56 Å². The van der Waals surface area contributed by atoms with Crippen molar-refractivity contribution in [3.8, 4) is 0 Å². The standard InChI is InChI=1S/C22H18FN5O/c23-17-11-5-14(6-12-17)13-25-28-22(29)16-9-7-15(8-10-16)20(24)21-26-18-3-1-2-4-19(18)27-21/h1-13,20H,24H2,(H,26,27)(H,28,29). The number of hydrazone groups is 1. The molecule has 0 radical (unpaired) electrons. The lowest BCUT2D eigenvalue weighted by Crippen LogP contribution is -2.18. The summed E-state index contributed by atoms with van der Waals surface area (Å²) in [6, 6.07) is 20.0. The fourth-order valence-corrected chi connectivity index (χ4v) is 2.90. The largest absolute Gasteiger partial charge is 0.340 e. The van der Waals surface area contributed by atoms with Crippen LogP contribution in [-0.2, 0) is 0 Å². The molecular formula is C22H18FN5O. The Bertz CT molecular complexity index is 1130. The van der Waals surface area contributed by atoms with Gasteiger partial charge in [0.1, 0.15) is 11.6 Å². The van der Waals surface area contributed by atoms with E-state index in [0.717, 1.165) is 16.6 Å². The molecule has 1 aromatic heterocycles. The molecule has 0 saturated carbocycles. The highest BCUT2D eigenvalue weighted by Gasteiger charge is 2.14. The van der Waals surface area contributed by atoms with Crippen LogP contribution in [0.15, 0.2) is 77.9 Å². The number of hydrogen-bond donors (Lipinski definition) is 3. The first-order valence-corrected chi connectivity index (χ1v) is 8.99. The molecule has 1 amide bonds. The molecule has 4 rings (SSSR count). The monoisotopic (exact) mass is 387 g/mol. The summed E-state index contributed by atoms with van der Waals surface area (Å²) in [7, 11) is 0. The molecule has 0 fully saturated rings. The van der Waals surface area contributed by atoms with Crippen LogP contribution in [0.2, 0.25) is 0 Å². The Morgan fingerprint density at radius 1 is 1.07 bits per heavy atom. The van der Waals surface area contributed by atoms with E-state index in [1.807, 2.05) is 24.3 Å². The van der Waals surface area contributed by atoms with Gasteiger partial charge in [-0.05, 0) is 47.5 Å². The van der Waals surface area contributed by atoms with Gasteiger partial charge in [-0.15, -0.1) is 0 Å². The maximum Gasteiger partial charge on any atom is 0.271 e. The van der Waals surface area contributed by atoms with Crippen LogP contribution in [0.1, 0.15) is 33.4 Å². The van der Waals surface area contributed by atoms with Crippen LogP contribution in [0.25, 0.3) is 11.0 Å². The lowest BCUT2D eigenvalue weighted by molar-refractivity contribution is 0.0955. The van der Waals surface area contributed by atoms with E-state index in [1.54, 1.807) is 36.4 Å². The van der Waals surface area contributed by atoms with E-state index in [4.69, 9.17) is 5.73 Å². The first-order valence-electron chi connectivity index (χ1n) is 8.99. The van der Waals surface area contributed by atoms with E-state index in [1.165, 1.54) is 18.3 Å². The van der Waals surface area contributed by atoms with Gasteiger partial charge in [-0.2, -0.15) is 5.10 Å².